The molecular weight excluding hydrogens is 248 g/mol. The van der Waals surface area contributed by atoms with Crippen LogP contribution < -0.4 is 10.2 Å². The summed E-state index contributed by atoms with van der Waals surface area (Å²) in [5, 5.41) is 3.38. The van der Waals surface area contributed by atoms with Gasteiger partial charge < -0.3 is 10.2 Å². The molecule has 2 heterocycles. The van der Waals surface area contributed by atoms with Gasteiger partial charge in [-0.2, -0.15) is 0 Å². The Kier molecular flexibility index (Phi) is 5.62. The van der Waals surface area contributed by atoms with E-state index in [0.717, 1.165) is 43.5 Å². The van der Waals surface area contributed by atoms with Crippen LogP contribution in [0.5, 0.6) is 0 Å². The molecule has 1 saturated heterocycles. The molecular formula is C16H28N4. The van der Waals surface area contributed by atoms with Gasteiger partial charge in [-0.3, -0.25) is 0 Å². The summed E-state index contributed by atoms with van der Waals surface area (Å²) in [6.07, 6.45) is 7.53. The second kappa shape index (κ2) is 7.46. The lowest BCUT2D eigenvalue weighted by Gasteiger charge is -2.28. The highest BCUT2D eigenvalue weighted by Gasteiger charge is 2.16. The number of nitrogens with zero attached hydrogens (tertiary/aromatic N) is 3. The molecule has 0 saturated carbocycles. The maximum Gasteiger partial charge on any atom is 0.137 e. The van der Waals surface area contributed by atoms with Gasteiger partial charge in [-0.05, 0) is 26.7 Å². The molecule has 2 rings (SSSR count). The Hall–Kier alpha value is -1.32. The average molecular weight is 276 g/mol. The molecule has 0 amide bonds. The first-order valence-electron chi connectivity index (χ1n) is 8.12. The Balaban J connectivity index is 2.29. The molecule has 0 atom stereocenters. The van der Waals surface area contributed by atoms with Crippen molar-refractivity contribution in [1.82, 2.24) is 9.97 Å². The highest BCUT2D eigenvalue weighted by Crippen LogP contribution is 2.25. The average Bonchev–Trinajstić information content (AvgIpc) is 2.41. The SMILES string of the molecule is CCNc1nc(CC)nc(N2CCCCCCC2)c1C. The molecule has 20 heavy (non-hydrogen) atoms. The third-order valence-electron chi connectivity index (χ3n) is 3.98. The van der Waals surface area contributed by atoms with Crippen LogP contribution in [0.25, 0.3) is 0 Å². The molecule has 0 aromatic carbocycles. The van der Waals surface area contributed by atoms with Crippen LogP contribution in [-0.4, -0.2) is 29.6 Å². The Bertz CT molecular complexity index is 423. The standard InChI is InChI=1S/C16H28N4/c1-4-14-18-15(17-5-2)13(3)16(19-14)20-11-9-7-6-8-10-12-20/h4-12H2,1-3H3,(H,17,18,19). The molecule has 0 unspecified atom stereocenters. The molecule has 1 aromatic heterocycles. The Morgan fingerprint density at radius 1 is 1.00 bits per heavy atom. The molecule has 0 radical (unpaired) electrons. The van der Waals surface area contributed by atoms with E-state index in [9.17, 15) is 0 Å². The monoisotopic (exact) mass is 276 g/mol. The lowest BCUT2D eigenvalue weighted by atomic mass is 10.1. The van der Waals surface area contributed by atoms with Gasteiger partial charge in [0, 0.05) is 31.6 Å². The van der Waals surface area contributed by atoms with Gasteiger partial charge in [-0.15, -0.1) is 0 Å². The van der Waals surface area contributed by atoms with E-state index >= 15 is 0 Å². The highest BCUT2D eigenvalue weighted by atomic mass is 15.2. The van der Waals surface area contributed by atoms with Crippen LogP contribution >= 0.6 is 0 Å². The van der Waals surface area contributed by atoms with Gasteiger partial charge in [0.25, 0.3) is 0 Å². The highest BCUT2D eigenvalue weighted by molar-refractivity contribution is 5.58. The maximum atomic E-state index is 4.80. The third kappa shape index (κ3) is 3.62. The third-order valence-corrected chi connectivity index (χ3v) is 3.98. The van der Waals surface area contributed by atoms with Crippen molar-refractivity contribution in [2.45, 2.75) is 59.3 Å². The molecule has 1 fully saturated rings. The number of nitrogens with one attached hydrogen (secondary N) is 1. The van der Waals surface area contributed by atoms with Gasteiger partial charge in [-0.25, -0.2) is 9.97 Å². The number of aryl methyl sites for hydroxylation is 1. The van der Waals surface area contributed by atoms with Gasteiger partial charge in [0.05, 0.1) is 0 Å². The minimum atomic E-state index is 0.888. The van der Waals surface area contributed by atoms with Crippen LogP contribution in [0.1, 0.15) is 57.3 Å². The molecule has 0 aliphatic carbocycles. The van der Waals surface area contributed by atoms with Crippen LogP contribution in [0.15, 0.2) is 0 Å². The molecule has 4 nitrogen and oxygen atoms in total. The molecule has 1 aliphatic heterocycles. The normalized spacial score (nSPS) is 16.6. The quantitative estimate of drug-likeness (QED) is 0.913. The topological polar surface area (TPSA) is 41.1 Å². The van der Waals surface area contributed by atoms with E-state index in [4.69, 9.17) is 4.98 Å². The van der Waals surface area contributed by atoms with Crippen molar-refractivity contribution in [3.8, 4) is 0 Å². The van der Waals surface area contributed by atoms with E-state index in [1.54, 1.807) is 0 Å². The minimum Gasteiger partial charge on any atom is -0.370 e. The van der Waals surface area contributed by atoms with E-state index in [-0.39, 0.29) is 0 Å². The lowest BCUT2D eigenvalue weighted by molar-refractivity contribution is 0.552. The Morgan fingerprint density at radius 3 is 2.25 bits per heavy atom. The summed E-state index contributed by atoms with van der Waals surface area (Å²) < 4.78 is 0. The second-order valence-electron chi connectivity index (χ2n) is 5.58. The van der Waals surface area contributed by atoms with Crippen LogP contribution in [-0.2, 0) is 6.42 Å². The molecule has 1 N–H and O–H groups in total. The lowest BCUT2D eigenvalue weighted by Crippen LogP contribution is -2.29. The summed E-state index contributed by atoms with van der Waals surface area (Å²) in [7, 11) is 0. The number of rotatable bonds is 4. The smallest absolute Gasteiger partial charge is 0.137 e. The van der Waals surface area contributed by atoms with Crippen molar-refractivity contribution in [2.75, 3.05) is 29.9 Å². The van der Waals surface area contributed by atoms with Crippen LogP contribution in [0.2, 0.25) is 0 Å². The van der Waals surface area contributed by atoms with Crippen molar-refractivity contribution < 1.29 is 0 Å². The van der Waals surface area contributed by atoms with E-state index < -0.39 is 0 Å². The van der Waals surface area contributed by atoms with E-state index in [1.165, 1.54) is 37.7 Å². The molecule has 112 valence electrons. The number of hydrogen-bond donors (Lipinski definition) is 1. The van der Waals surface area contributed by atoms with E-state index in [0.29, 0.717) is 0 Å². The van der Waals surface area contributed by atoms with E-state index in [2.05, 4.69) is 36.0 Å². The minimum absolute atomic E-state index is 0.888. The summed E-state index contributed by atoms with van der Waals surface area (Å²) in [5.41, 5.74) is 1.20. The number of hydrogen-bond acceptors (Lipinski definition) is 4. The van der Waals surface area contributed by atoms with Crippen molar-refractivity contribution in [3.05, 3.63) is 11.4 Å². The predicted molar refractivity (Wildman–Crippen MR) is 85.6 cm³/mol. The first-order valence-corrected chi connectivity index (χ1v) is 8.12. The summed E-state index contributed by atoms with van der Waals surface area (Å²) in [6, 6.07) is 0. The fraction of sp³-hybridized carbons (Fsp3) is 0.750. The number of aromatic nitrogens is 2. The molecule has 0 bridgehead atoms. The summed E-state index contributed by atoms with van der Waals surface area (Å²) in [4.78, 5) is 11.9. The van der Waals surface area contributed by atoms with Gasteiger partial charge >= 0.3 is 0 Å². The van der Waals surface area contributed by atoms with Crippen molar-refractivity contribution in [3.63, 3.8) is 0 Å². The maximum absolute atomic E-state index is 4.80. The summed E-state index contributed by atoms with van der Waals surface area (Å²) >= 11 is 0. The van der Waals surface area contributed by atoms with Crippen molar-refractivity contribution >= 4 is 11.6 Å². The van der Waals surface area contributed by atoms with Gasteiger partial charge in [0.15, 0.2) is 0 Å². The molecule has 1 aliphatic rings. The first-order chi connectivity index (χ1) is 9.76. The van der Waals surface area contributed by atoms with Crippen molar-refractivity contribution in [1.29, 1.82) is 0 Å². The van der Waals surface area contributed by atoms with Crippen molar-refractivity contribution in [2.24, 2.45) is 0 Å². The first kappa shape index (κ1) is 15.1. The van der Waals surface area contributed by atoms with Gasteiger partial charge in [-0.1, -0.05) is 26.2 Å². The largest absolute Gasteiger partial charge is 0.370 e. The summed E-state index contributed by atoms with van der Waals surface area (Å²) in [5.74, 6) is 3.11. The number of anilines is 2. The Morgan fingerprint density at radius 2 is 1.65 bits per heavy atom. The van der Waals surface area contributed by atoms with Gasteiger partial charge in [0.1, 0.15) is 17.5 Å². The zero-order valence-electron chi connectivity index (χ0n) is 13.2. The van der Waals surface area contributed by atoms with Crippen LogP contribution in [0.4, 0.5) is 11.6 Å². The molecule has 4 heteroatoms. The van der Waals surface area contributed by atoms with Gasteiger partial charge in [0.2, 0.25) is 0 Å². The predicted octanol–water partition coefficient (Wildman–Crippen LogP) is 3.55. The Labute approximate surface area is 123 Å². The molecule has 0 spiro atoms. The zero-order valence-corrected chi connectivity index (χ0v) is 13.2. The zero-order chi connectivity index (χ0) is 14.4. The van der Waals surface area contributed by atoms with Crippen LogP contribution in [0, 0.1) is 6.92 Å². The molecule has 1 aromatic rings. The fourth-order valence-corrected chi connectivity index (χ4v) is 2.81. The second-order valence-corrected chi connectivity index (χ2v) is 5.58. The van der Waals surface area contributed by atoms with E-state index in [1.807, 2.05) is 0 Å². The fourth-order valence-electron chi connectivity index (χ4n) is 2.81. The summed E-state index contributed by atoms with van der Waals surface area (Å²) in [6.45, 7) is 9.55. The van der Waals surface area contributed by atoms with Crippen LogP contribution in [0.3, 0.4) is 0 Å².